The third-order valence-corrected chi connectivity index (χ3v) is 8.03. The average molecular weight is 405 g/mol. The molecule has 5 nitrogen and oxygen atoms in total. The first-order valence-corrected chi connectivity index (χ1v) is 10.9. The summed E-state index contributed by atoms with van der Waals surface area (Å²) >= 11 is 0. The summed E-state index contributed by atoms with van der Waals surface area (Å²) in [4.78, 5) is 24.7. The molecule has 4 saturated carbocycles. The number of nitrogens with two attached hydrogens (primary N) is 1. The fourth-order valence-electron chi connectivity index (χ4n) is 7.21. The number of carbonyl (C=O) groups excluding carboxylic acids is 2. The molecule has 0 spiro atoms. The van der Waals surface area contributed by atoms with Crippen LogP contribution < -0.4 is 11.2 Å². The quantitative estimate of drug-likeness (QED) is 0.522. The third-order valence-electron chi connectivity index (χ3n) is 8.03. The Labute approximate surface area is 176 Å². The molecule has 156 valence electrons. The van der Waals surface area contributed by atoms with Crippen LogP contribution >= 0.6 is 0 Å². The summed E-state index contributed by atoms with van der Waals surface area (Å²) < 4.78 is 0. The molecule has 30 heavy (non-hydrogen) atoms. The van der Waals surface area contributed by atoms with E-state index < -0.39 is 11.3 Å². The summed E-state index contributed by atoms with van der Waals surface area (Å²) in [5.74, 6) is 1.30. The van der Waals surface area contributed by atoms with Crippen molar-refractivity contribution >= 4 is 11.8 Å². The smallest absolute Gasteiger partial charge is 0.274 e. The lowest BCUT2D eigenvalue weighted by molar-refractivity contribution is -0.158. The van der Waals surface area contributed by atoms with Gasteiger partial charge in [0.25, 0.3) is 5.91 Å². The second kappa shape index (κ2) is 7.24. The van der Waals surface area contributed by atoms with Crippen molar-refractivity contribution in [2.75, 3.05) is 0 Å². The van der Waals surface area contributed by atoms with Crippen LogP contribution in [-0.2, 0) is 4.79 Å². The maximum Gasteiger partial charge on any atom is 0.274 e. The first kappa shape index (κ1) is 19.3. The second-order valence-corrected chi connectivity index (χ2v) is 9.60. The van der Waals surface area contributed by atoms with Gasteiger partial charge in [-0.2, -0.15) is 0 Å². The fraction of sp³-hybridized carbons (Fsp3) is 0.440. The maximum absolute atomic E-state index is 13.0. The first-order valence-electron chi connectivity index (χ1n) is 10.9. The highest BCUT2D eigenvalue weighted by Gasteiger charge is 2.61. The first-order chi connectivity index (χ1) is 14.5. The molecule has 4 bridgehead atoms. The van der Waals surface area contributed by atoms with E-state index >= 15 is 0 Å². The molecule has 0 radical (unpaired) electrons. The van der Waals surface area contributed by atoms with Gasteiger partial charge in [0.1, 0.15) is 0 Å². The van der Waals surface area contributed by atoms with Crippen LogP contribution in [-0.4, -0.2) is 17.0 Å². The number of carbonyl (C=O) groups is 2. The van der Waals surface area contributed by atoms with Crippen LogP contribution in [0.5, 0.6) is 0 Å². The minimum absolute atomic E-state index is 0.0509. The normalized spacial score (nSPS) is 32.6. The lowest BCUT2D eigenvalue weighted by atomic mass is 9.42. The van der Waals surface area contributed by atoms with Crippen molar-refractivity contribution in [2.45, 2.75) is 38.0 Å². The Bertz CT molecular complexity index is 942. The molecule has 4 aliphatic carbocycles. The number of rotatable bonds is 5. The van der Waals surface area contributed by atoms with Crippen LogP contribution in [0.1, 0.15) is 59.5 Å². The van der Waals surface area contributed by atoms with E-state index in [-0.39, 0.29) is 17.7 Å². The molecule has 0 heterocycles. The van der Waals surface area contributed by atoms with Crippen molar-refractivity contribution in [3.63, 3.8) is 0 Å². The minimum atomic E-state index is -0.527. The second-order valence-electron chi connectivity index (χ2n) is 9.60. The van der Waals surface area contributed by atoms with Gasteiger partial charge in [-0.3, -0.25) is 14.8 Å². The molecule has 0 saturated heterocycles. The molecule has 4 aliphatic rings. The van der Waals surface area contributed by atoms with E-state index in [9.17, 15) is 9.59 Å². The highest BCUT2D eigenvalue weighted by atomic mass is 16.5. The van der Waals surface area contributed by atoms with Crippen molar-refractivity contribution in [1.29, 1.82) is 0 Å². The molecule has 2 aromatic carbocycles. The van der Waals surface area contributed by atoms with E-state index in [0.717, 1.165) is 18.4 Å². The Kier molecular flexibility index (Phi) is 4.66. The van der Waals surface area contributed by atoms with Crippen LogP contribution in [0.25, 0.3) is 0 Å². The Morgan fingerprint density at radius 3 is 2.10 bits per heavy atom. The Morgan fingerprint density at radius 2 is 1.53 bits per heavy atom. The number of amides is 2. The summed E-state index contributed by atoms with van der Waals surface area (Å²) in [7, 11) is 0. The molecule has 2 aromatic rings. The molecular weight excluding hydrogens is 376 g/mol. The molecule has 0 aromatic heterocycles. The summed E-state index contributed by atoms with van der Waals surface area (Å²) in [6.07, 6.45) is 5.44. The highest BCUT2D eigenvalue weighted by molar-refractivity contribution is 5.93. The van der Waals surface area contributed by atoms with Gasteiger partial charge in [-0.25, -0.2) is 5.48 Å². The van der Waals surface area contributed by atoms with Crippen molar-refractivity contribution in [3.8, 4) is 0 Å². The van der Waals surface area contributed by atoms with Crippen LogP contribution in [0.3, 0.4) is 0 Å². The molecule has 4 N–H and O–H groups in total. The minimum Gasteiger partial charge on any atom is -0.369 e. The molecule has 2 amide bonds. The monoisotopic (exact) mass is 404 g/mol. The van der Waals surface area contributed by atoms with Crippen molar-refractivity contribution in [1.82, 2.24) is 5.48 Å². The van der Waals surface area contributed by atoms with Gasteiger partial charge in [-0.05, 0) is 79.0 Å². The van der Waals surface area contributed by atoms with Crippen LogP contribution in [0.4, 0.5) is 0 Å². The van der Waals surface area contributed by atoms with E-state index in [1.54, 1.807) is 17.6 Å². The fourth-order valence-corrected chi connectivity index (χ4v) is 7.21. The van der Waals surface area contributed by atoms with E-state index in [0.29, 0.717) is 23.3 Å². The van der Waals surface area contributed by atoms with Crippen molar-refractivity contribution < 1.29 is 14.8 Å². The Hall–Kier alpha value is -2.66. The van der Waals surface area contributed by atoms with Crippen LogP contribution in [0, 0.1) is 29.1 Å². The van der Waals surface area contributed by atoms with E-state index in [2.05, 4.69) is 12.1 Å². The zero-order valence-corrected chi connectivity index (χ0v) is 17.0. The van der Waals surface area contributed by atoms with Crippen molar-refractivity contribution in [2.24, 2.45) is 34.8 Å². The zero-order chi connectivity index (χ0) is 20.9. The van der Waals surface area contributed by atoms with E-state index in [1.165, 1.54) is 24.8 Å². The van der Waals surface area contributed by atoms with E-state index in [1.807, 2.05) is 30.3 Å². The van der Waals surface area contributed by atoms with Gasteiger partial charge in [-0.1, -0.05) is 42.5 Å². The largest absolute Gasteiger partial charge is 0.369 e. The number of primary amides is 1. The zero-order valence-electron chi connectivity index (χ0n) is 17.0. The lowest BCUT2D eigenvalue weighted by Crippen LogP contribution is -2.59. The lowest BCUT2D eigenvalue weighted by Gasteiger charge is -2.61. The topological polar surface area (TPSA) is 92.4 Å². The summed E-state index contributed by atoms with van der Waals surface area (Å²) in [6.45, 7) is 0. The van der Waals surface area contributed by atoms with E-state index in [4.69, 9.17) is 10.9 Å². The van der Waals surface area contributed by atoms with Crippen LogP contribution in [0.15, 0.2) is 54.6 Å². The van der Waals surface area contributed by atoms with Gasteiger partial charge >= 0.3 is 0 Å². The molecule has 3 unspecified atom stereocenters. The molecule has 6 rings (SSSR count). The Balaban J connectivity index is 1.62. The Morgan fingerprint density at radius 1 is 0.933 bits per heavy atom. The molecule has 0 aliphatic heterocycles. The summed E-state index contributed by atoms with van der Waals surface area (Å²) in [6, 6.07) is 17.8. The number of benzene rings is 2. The van der Waals surface area contributed by atoms with Gasteiger partial charge < -0.3 is 5.73 Å². The van der Waals surface area contributed by atoms with Gasteiger partial charge in [-0.15, -0.1) is 0 Å². The standard InChI is InChI=1S/C25H28N2O3/c26-24(29)25-13-15-10-16(14-25)12-20(11-15)22(25)21(17-4-2-1-3-5-17)18-6-8-19(9-7-18)23(28)27-30/h1-9,15-16,20-22,30H,10-14H2,(H2,26,29)(H,27,28)/t15?,16?,20?,21-,22?,25?/m1/s1. The van der Waals surface area contributed by atoms with Crippen LogP contribution in [0.2, 0.25) is 0 Å². The molecule has 4 atom stereocenters. The molecule has 4 fully saturated rings. The van der Waals surface area contributed by atoms with Gasteiger partial charge in [0, 0.05) is 11.5 Å². The van der Waals surface area contributed by atoms with Gasteiger partial charge in [0.2, 0.25) is 5.91 Å². The van der Waals surface area contributed by atoms with Crippen molar-refractivity contribution in [3.05, 3.63) is 71.3 Å². The highest BCUT2D eigenvalue weighted by Crippen LogP contribution is 2.66. The predicted octanol–water partition coefficient (Wildman–Crippen LogP) is 3.87. The third kappa shape index (κ3) is 2.95. The van der Waals surface area contributed by atoms with Gasteiger partial charge in [0.15, 0.2) is 0 Å². The summed E-state index contributed by atoms with van der Waals surface area (Å²) in [5.41, 5.74) is 10.1. The SMILES string of the molecule is NC(=O)C12CC3CC(CC(C3)C1[C@H](c1ccccc1)c1ccc(C(=O)NO)cc1)C2. The molecular formula is C25H28N2O3. The number of nitrogens with one attached hydrogen (secondary N) is 1. The molecule has 5 heteroatoms. The van der Waals surface area contributed by atoms with Gasteiger partial charge in [0.05, 0.1) is 5.41 Å². The average Bonchev–Trinajstić information content (AvgIpc) is 2.76. The number of hydrogen-bond donors (Lipinski definition) is 3. The predicted molar refractivity (Wildman–Crippen MR) is 113 cm³/mol. The number of hydroxylamine groups is 1. The summed E-state index contributed by atoms with van der Waals surface area (Å²) in [5, 5.41) is 8.93. The number of hydrogen-bond acceptors (Lipinski definition) is 3. The maximum atomic E-state index is 13.0.